The Hall–Kier alpha value is -2.17. The van der Waals surface area contributed by atoms with Gasteiger partial charge in [-0.2, -0.15) is 0 Å². The van der Waals surface area contributed by atoms with E-state index in [1.165, 1.54) is 11.1 Å². The molecule has 2 aliphatic carbocycles. The molecule has 0 radical (unpaired) electrons. The van der Waals surface area contributed by atoms with Gasteiger partial charge in [-0.25, -0.2) is 0 Å². The molecule has 4 rings (SSSR count). The average Bonchev–Trinajstić information content (AvgIpc) is 2.82. The van der Waals surface area contributed by atoms with E-state index in [1.807, 2.05) is 31.2 Å². The smallest absolute Gasteiger partial charge is 0.314 e. The minimum Gasteiger partial charge on any atom is -0.426 e. The second kappa shape index (κ2) is 10.6. The van der Waals surface area contributed by atoms with Gasteiger partial charge >= 0.3 is 5.97 Å². The van der Waals surface area contributed by atoms with Gasteiger partial charge in [-0.3, -0.25) is 4.79 Å². The monoisotopic (exact) mass is 436 g/mol. The third kappa shape index (κ3) is 5.99. The maximum absolute atomic E-state index is 12.5. The van der Waals surface area contributed by atoms with E-state index in [-0.39, 0.29) is 23.9 Å². The number of benzene rings is 2. The topological polar surface area (TPSA) is 55.8 Å². The molecule has 0 aliphatic heterocycles. The van der Waals surface area contributed by atoms with Crippen molar-refractivity contribution >= 4 is 5.97 Å². The summed E-state index contributed by atoms with van der Waals surface area (Å²) in [6.07, 6.45) is 6.70. The second-order valence-electron chi connectivity index (χ2n) is 9.76. The summed E-state index contributed by atoms with van der Waals surface area (Å²) in [5.41, 5.74) is 3.86. The highest BCUT2D eigenvalue weighted by Crippen LogP contribution is 2.37. The van der Waals surface area contributed by atoms with Crippen LogP contribution in [0.15, 0.2) is 48.5 Å². The van der Waals surface area contributed by atoms with E-state index < -0.39 is 6.29 Å². The summed E-state index contributed by atoms with van der Waals surface area (Å²) in [7, 11) is 0. The van der Waals surface area contributed by atoms with Gasteiger partial charge in [0.1, 0.15) is 5.75 Å². The number of carbonyl (C=O) groups excluding carboxylic acids is 1. The predicted molar refractivity (Wildman–Crippen MR) is 126 cm³/mol. The molecule has 0 amide bonds. The van der Waals surface area contributed by atoms with Crippen molar-refractivity contribution in [2.45, 2.75) is 83.5 Å². The highest BCUT2D eigenvalue weighted by molar-refractivity contribution is 5.75. The third-order valence-electron chi connectivity index (χ3n) is 7.30. The molecule has 0 heterocycles. The van der Waals surface area contributed by atoms with Gasteiger partial charge < -0.3 is 14.6 Å². The van der Waals surface area contributed by atoms with E-state index in [0.29, 0.717) is 11.7 Å². The summed E-state index contributed by atoms with van der Waals surface area (Å²) in [4.78, 5) is 12.5. The first-order valence-corrected chi connectivity index (χ1v) is 12.2. The lowest BCUT2D eigenvalue weighted by atomic mass is 9.81. The fourth-order valence-corrected chi connectivity index (χ4v) is 5.13. The lowest BCUT2D eigenvalue weighted by Gasteiger charge is -2.34. The molecule has 2 fully saturated rings. The third-order valence-corrected chi connectivity index (χ3v) is 7.30. The number of esters is 1. The fourth-order valence-electron chi connectivity index (χ4n) is 5.13. The lowest BCUT2D eigenvalue weighted by Crippen LogP contribution is -2.35. The van der Waals surface area contributed by atoms with Crippen molar-refractivity contribution in [3.63, 3.8) is 0 Å². The van der Waals surface area contributed by atoms with Gasteiger partial charge in [0.2, 0.25) is 0 Å². The quantitative estimate of drug-likeness (QED) is 0.339. The first-order chi connectivity index (χ1) is 15.5. The summed E-state index contributed by atoms with van der Waals surface area (Å²) in [6.45, 7) is 4.13. The fraction of sp³-hybridized carbons (Fsp3) is 0.536. The number of ether oxygens (including phenoxy) is 2. The maximum atomic E-state index is 12.5. The molecule has 2 aromatic rings. The van der Waals surface area contributed by atoms with Gasteiger partial charge in [0.25, 0.3) is 0 Å². The highest BCUT2D eigenvalue weighted by atomic mass is 16.6. The Kier molecular flexibility index (Phi) is 7.64. The first-order valence-electron chi connectivity index (χ1n) is 12.2. The van der Waals surface area contributed by atoms with Crippen LogP contribution in [0.4, 0.5) is 0 Å². The normalized spacial score (nSPS) is 27.0. The molecule has 0 spiro atoms. The van der Waals surface area contributed by atoms with Crippen molar-refractivity contribution in [1.82, 2.24) is 0 Å². The Labute approximate surface area is 191 Å². The number of aryl methyl sites for hydroxylation is 2. The number of hydrogen-bond acceptors (Lipinski definition) is 4. The Morgan fingerprint density at radius 1 is 0.812 bits per heavy atom. The van der Waals surface area contributed by atoms with Gasteiger partial charge in [-0.05, 0) is 88.8 Å². The summed E-state index contributed by atoms with van der Waals surface area (Å²) in [6, 6.07) is 16.4. The standard InChI is InChI=1S/C28H36O4/c1-19-3-7-21(8-4-19)22-13-17-26(18-14-22)32-28(30)24-11-9-23(10-12-24)27(29)31-25-15-5-20(2)6-16-25/h3-8,15-16,22-24,26,28,30H,9-14,17-18H2,1-2H3. The molecule has 0 bridgehead atoms. The van der Waals surface area contributed by atoms with Crippen LogP contribution >= 0.6 is 0 Å². The van der Waals surface area contributed by atoms with E-state index in [2.05, 4.69) is 31.2 Å². The van der Waals surface area contributed by atoms with E-state index in [1.54, 1.807) is 0 Å². The van der Waals surface area contributed by atoms with Crippen LogP contribution in [0, 0.1) is 25.7 Å². The number of carbonyl (C=O) groups is 1. The summed E-state index contributed by atoms with van der Waals surface area (Å²) >= 11 is 0. The molecule has 172 valence electrons. The second-order valence-corrected chi connectivity index (χ2v) is 9.76. The van der Waals surface area contributed by atoms with Gasteiger partial charge in [-0.1, -0.05) is 47.5 Å². The number of aliphatic hydroxyl groups is 1. The van der Waals surface area contributed by atoms with E-state index in [4.69, 9.17) is 9.47 Å². The number of hydrogen-bond donors (Lipinski definition) is 1. The zero-order chi connectivity index (χ0) is 22.5. The van der Waals surface area contributed by atoms with E-state index in [0.717, 1.165) is 56.9 Å². The molecule has 2 saturated carbocycles. The average molecular weight is 437 g/mol. The molecule has 1 unspecified atom stereocenters. The van der Waals surface area contributed by atoms with Crippen LogP contribution in [0.2, 0.25) is 0 Å². The minimum atomic E-state index is -0.731. The van der Waals surface area contributed by atoms with E-state index in [9.17, 15) is 9.90 Å². The van der Waals surface area contributed by atoms with Gasteiger partial charge in [-0.15, -0.1) is 0 Å². The maximum Gasteiger partial charge on any atom is 0.314 e. The molecular formula is C28H36O4. The Morgan fingerprint density at radius 3 is 1.97 bits per heavy atom. The van der Waals surface area contributed by atoms with E-state index >= 15 is 0 Å². The minimum absolute atomic E-state index is 0.0929. The molecule has 0 aromatic heterocycles. The van der Waals surface area contributed by atoms with Crippen molar-refractivity contribution in [1.29, 1.82) is 0 Å². The van der Waals surface area contributed by atoms with Crippen LogP contribution < -0.4 is 4.74 Å². The van der Waals surface area contributed by atoms with Gasteiger partial charge in [0, 0.05) is 5.92 Å². The van der Waals surface area contributed by atoms with Crippen LogP contribution in [0.5, 0.6) is 5.75 Å². The molecule has 0 saturated heterocycles. The van der Waals surface area contributed by atoms with Crippen molar-refractivity contribution in [3.8, 4) is 5.75 Å². The molecule has 2 aromatic carbocycles. The summed E-state index contributed by atoms with van der Waals surface area (Å²) in [5.74, 6) is 1.06. The van der Waals surface area contributed by atoms with Crippen LogP contribution in [0.25, 0.3) is 0 Å². The molecular weight excluding hydrogens is 400 g/mol. The van der Waals surface area contributed by atoms with Crippen molar-refractivity contribution in [3.05, 3.63) is 65.2 Å². The predicted octanol–water partition coefficient (Wildman–Crippen LogP) is 6.08. The van der Waals surface area contributed by atoms with Crippen LogP contribution in [-0.4, -0.2) is 23.5 Å². The Morgan fingerprint density at radius 2 is 1.38 bits per heavy atom. The Bertz CT molecular complexity index is 857. The Balaban J connectivity index is 1.18. The van der Waals surface area contributed by atoms with Crippen LogP contribution in [0.3, 0.4) is 0 Å². The summed E-state index contributed by atoms with van der Waals surface area (Å²) in [5, 5.41) is 10.7. The SMILES string of the molecule is Cc1ccc(OC(=O)C2CCC(C(O)OC3CCC(c4ccc(C)cc4)CC3)CC2)cc1. The largest absolute Gasteiger partial charge is 0.426 e. The molecule has 4 nitrogen and oxygen atoms in total. The van der Waals surface area contributed by atoms with Crippen molar-refractivity contribution in [2.24, 2.45) is 11.8 Å². The van der Waals surface area contributed by atoms with Crippen molar-refractivity contribution < 1.29 is 19.4 Å². The lowest BCUT2D eigenvalue weighted by molar-refractivity contribution is -0.180. The number of rotatable bonds is 6. The molecule has 1 atom stereocenters. The molecule has 4 heteroatoms. The molecule has 32 heavy (non-hydrogen) atoms. The van der Waals surface area contributed by atoms with Gasteiger partial charge in [0.15, 0.2) is 6.29 Å². The molecule has 2 aliphatic rings. The zero-order valence-corrected chi connectivity index (χ0v) is 19.3. The summed E-state index contributed by atoms with van der Waals surface area (Å²) < 4.78 is 11.6. The van der Waals surface area contributed by atoms with Gasteiger partial charge in [0.05, 0.1) is 12.0 Å². The first kappa shape index (κ1) is 23.0. The van der Waals surface area contributed by atoms with Crippen molar-refractivity contribution in [2.75, 3.05) is 0 Å². The van der Waals surface area contributed by atoms with Crippen LogP contribution in [-0.2, 0) is 9.53 Å². The van der Waals surface area contributed by atoms with Crippen LogP contribution in [0.1, 0.15) is 74.0 Å². The number of aliphatic hydroxyl groups excluding tert-OH is 1. The highest BCUT2D eigenvalue weighted by Gasteiger charge is 2.33. The molecule has 1 N–H and O–H groups in total. The zero-order valence-electron chi connectivity index (χ0n) is 19.3.